The molecule has 3 nitrogen and oxygen atoms in total. The first-order valence-corrected chi connectivity index (χ1v) is 4.24. The van der Waals surface area contributed by atoms with E-state index in [9.17, 15) is 13.6 Å². The number of benzene rings is 1. The van der Waals surface area contributed by atoms with E-state index in [1.807, 2.05) is 0 Å². The molecule has 0 saturated heterocycles. The van der Waals surface area contributed by atoms with Crippen LogP contribution in [0.3, 0.4) is 0 Å². The van der Waals surface area contributed by atoms with Crippen LogP contribution in [0.4, 0.5) is 14.5 Å². The Hall–Kier alpha value is -1.65. The molecule has 2 N–H and O–H groups in total. The lowest BCUT2D eigenvalue weighted by Crippen LogP contribution is -2.07. The summed E-state index contributed by atoms with van der Waals surface area (Å²) in [6, 6.07) is 2.70. The number of carbonyl (C=O) groups excluding carboxylic acids is 1. The molecule has 0 saturated carbocycles. The Bertz CT molecular complexity index is 391. The van der Waals surface area contributed by atoms with Gasteiger partial charge in [-0.25, -0.2) is 8.78 Å². The number of ketones is 1. The normalized spacial score (nSPS) is 10.5. The van der Waals surface area contributed by atoms with Crippen LogP contribution in [0.5, 0.6) is 5.75 Å². The Kier molecular flexibility index (Phi) is 3.24. The number of anilines is 1. The van der Waals surface area contributed by atoms with Crippen molar-refractivity contribution in [2.45, 2.75) is 13.3 Å². The van der Waals surface area contributed by atoms with Crippen molar-refractivity contribution in [3.05, 3.63) is 23.3 Å². The first-order chi connectivity index (χ1) is 6.99. The molecule has 0 amide bonds. The van der Waals surface area contributed by atoms with Crippen molar-refractivity contribution >= 4 is 11.5 Å². The summed E-state index contributed by atoms with van der Waals surface area (Å²) in [4.78, 5) is 11.2. The first-order valence-electron chi connectivity index (χ1n) is 4.24. The highest BCUT2D eigenvalue weighted by Crippen LogP contribution is 2.35. The zero-order chi connectivity index (χ0) is 11.6. The highest BCUT2D eigenvalue weighted by atomic mass is 19.3. The Balaban J connectivity index is 3.51. The molecule has 5 heteroatoms. The fraction of sp³-hybridized carbons (Fsp3) is 0.300. The van der Waals surface area contributed by atoms with Gasteiger partial charge in [0.05, 0.1) is 18.2 Å². The Morgan fingerprint density at radius 3 is 2.47 bits per heavy atom. The van der Waals surface area contributed by atoms with Gasteiger partial charge < -0.3 is 10.5 Å². The van der Waals surface area contributed by atoms with Crippen molar-refractivity contribution in [3.63, 3.8) is 0 Å². The van der Waals surface area contributed by atoms with Crippen LogP contribution in [0.2, 0.25) is 0 Å². The Morgan fingerprint density at radius 1 is 1.47 bits per heavy atom. The van der Waals surface area contributed by atoms with Crippen molar-refractivity contribution < 1.29 is 18.3 Å². The van der Waals surface area contributed by atoms with E-state index in [1.165, 1.54) is 26.2 Å². The number of ether oxygens (including phenoxy) is 1. The predicted molar refractivity (Wildman–Crippen MR) is 52.4 cm³/mol. The van der Waals surface area contributed by atoms with Crippen LogP contribution in [0.25, 0.3) is 0 Å². The van der Waals surface area contributed by atoms with Gasteiger partial charge in [0.15, 0.2) is 5.78 Å². The van der Waals surface area contributed by atoms with E-state index >= 15 is 0 Å². The smallest absolute Gasteiger partial charge is 0.268 e. The quantitative estimate of drug-likeness (QED) is 0.622. The van der Waals surface area contributed by atoms with Gasteiger partial charge in [-0.3, -0.25) is 4.79 Å². The summed E-state index contributed by atoms with van der Waals surface area (Å²) in [5, 5.41) is 0. The van der Waals surface area contributed by atoms with Crippen LogP contribution >= 0.6 is 0 Å². The summed E-state index contributed by atoms with van der Waals surface area (Å²) in [6.45, 7) is 1.19. The van der Waals surface area contributed by atoms with Gasteiger partial charge in [0.2, 0.25) is 0 Å². The van der Waals surface area contributed by atoms with Gasteiger partial charge in [0.25, 0.3) is 6.43 Å². The van der Waals surface area contributed by atoms with E-state index in [0.717, 1.165) is 0 Å². The molecule has 82 valence electrons. The van der Waals surface area contributed by atoms with Crippen molar-refractivity contribution in [2.75, 3.05) is 12.8 Å². The molecule has 0 spiro atoms. The van der Waals surface area contributed by atoms with Crippen LogP contribution in [0.1, 0.15) is 29.3 Å². The molecule has 0 aliphatic carbocycles. The number of nitrogen functional groups attached to an aromatic ring is 1. The lowest BCUT2D eigenvalue weighted by Gasteiger charge is -2.13. The molecule has 0 aromatic heterocycles. The maximum absolute atomic E-state index is 12.7. The summed E-state index contributed by atoms with van der Waals surface area (Å²) in [5.74, 6) is -0.522. The first kappa shape index (κ1) is 11.4. The number of Topliss-reactive ketones (excluding diaryl/α,β-unsaturated/α-hetero) is 1. The van der Waals surface area contributed by atoms with Gasteiger partial charge in [0, 0.05) is 5.69 Å². The number of hydrogen-bond acceptors (Lipinski definition) is 3. The number of methoxy groups -OCH3 is 1. The highest BCUT2D eigenvalue weighted by Gasteiger charge is 2.23. The fourth-order valence-corrected chi connectivity index (χ4v) is 1.40. The minimum absolute atomic E-state index is 0.0237. The van der Waals surface area contributed by atoms with Crippen molar-refractivity contribution in [1.82, 2.24) is 0 Å². The van der Waals surface area contributed by atoms with Crippen LogP contribution in [-0.4, -0.2) is 12.9 Å². The molecule has 0 radical (unpaired) electrons. The molecule has 0 unspecified atom stereocenters. The van der Waals surface area contributed by atoms with E-state index in [-0.39, 0.29) is 17.0 Å². The number of alkyl halides is 2. The van der Waals surface area contributed by atoms with E-state index in [4.69, 9.17) is 10.5 Å². The molecule has 1 rings (SSSR count). The zero-order valence-electron chi connectivity index (χ0n) is 8.38. The molecule has 0 bridgehead atoms. The molecule has 0 aliphatic heterocycles. The molecule has 0 aliphatic rings. The lowest BCUT2D eigenvalue weighted by molar-refractivity contribution is 0.0997. The summed E-state index contributed by atoms with van der Waals surface area (Å²) in [5.41, 5.74) is 4.91. The summed E-state index contributed by atoms with van der Waals surface area (Å²) < 4.78 is 30.2. The SMILES string of the molecule is COc1ccc(N)c(C(C)=O)c1C(F)F. The molecule has 1 aromatic carbocycles. The standard InChI is InChI=1S/C10H11F2NO2/c1-5(14)8-6(13)3-4-7(15-2)9(8)10(11)12/h3-4,10H,13H2,1-2H3. The summed E-state index contributed by atoms with van der Waals surface area (Å²) in [6.07, 6.45) is -2.79. The van der Waals surface area contributed by atoms with Gasteiger partial charge in [-0.2, -0.15) is 0 Å². The number of nitrogens with two attached hydrogens (primary N) is 1. The number of rotatable bonds is 3. The molecule has 15 heavy (non-hydrogen) atoms. The van der Waals surface area contributed by atoms with E-state index in [2.05, 4.69) is 0 Å². The molecule has 0 atom stereocenters. The lowest BCUT2D eigenvalue weighted by atomic mass is 10.0. The van der Waals surface area contributed by atoms with Crippen molar-refractivity contribution in [1.29, 1.82) is 0 Å². The zero-order valence-corrected chi connectivity index (χ0v) is 8.38. The Labute approximate surface area is 85.8 Å². The van der Waals surface area contributed by atoms with Gasteiger partial charge >= 0.3 is 0 Å². The predicted octanol–water partition coefficient (Wildman–Crippen LogP) is 2.42. The molecular weight excluding hydrogens is 204 g/mol. The third-order valence-electron chi connectivity index (χ3n) is 2.03. The van der Waals surface area contributed by atoms with E-state index in [0.29, 0.717) is 0 Å². The summed E-state index contributed by atoms with van der Waals surface area (Å²) in [7, 11) is 1.27. The number of halogens is 2. The molecular formula is C10H11F2NO2. The van der Waals surface area contributed by atoms with Crippen LogP contribution < -0.4 is 10.5 Å². The second kappa shape index (κ2) is 4.25. The second-order valence-electron chi connectivity index (χ2n) is 3.00. The number of hydrogen-bond donors (Lipinski definition) is 1. The van der Waals surface area contributed by atoms with E-state index < -0.39 is 17.8 Å². The third kappa shape index (κ3) is 2.06. The minimum Gasteiger partial charge on any atom is -0.496 e. The van der Waals surface area contributed by atoms with Gasteiger partial charge in [-0.15, -0.1) is 0 Å². The maximum atomic E-state index is 12.7. The van der Waals surface area contributed by atoms with E-state index in [1.54, 1.807) is 0 Å². The van der Waals surface area contributed by atoms with Gasteiger partial charge in [0.1, 0.15) is 5.75 Å². The van der Waals surface area contributed by atoms with Crippen molar-refractivity contribution in [3.8, 4) is 5.75 Å². The molecule has 1 aromatic rings. The van der Waals surface area contributed by atoms with Crippen LogP contribution in [0.15, 0.2) is 12.1 Å². The largest absolute Gasteiger partial charge is 0.496 e. The van der Waals surface area contributed by atoms with Gasteiger partial charge in [-0.05, 0) is 19.1 Å². The van der Waals surface area contributed by atoms with Gasteiger partial charge in [-0.1, -0.05) is 0 Å². The third-order valence-corrected chi connectivity index (χ3v) is 2.03. The average molecular weight is 215 g/mol. The highest BCUT2D eigenvalue weighted by molar-refractivity contribution is 6.01. The molecule has 0 heterocycles. The molecule has 0 fully saturated rings. The number of carbonyl (C=O) groups is 1. The minimum atomic E-state index is -2.79. The topological polar surface area (TPSA) is 52.3 Å². The maximum Gasteiger partial charge on any atom is 0.268 e. The fourth-order valence-electron chi connectivity index (χ4n) is 1.40. The van der Waals surface area contributed by atoms with Crippen LogP contribution in [-0.2, 0) is 0 Å². The average Bonchev–Trinajstić information content (AvgIpc) is 2.16. The second-order valence-corrected chi connectivity index (χ2v) is 3.00. The Morgan fingerprint density at radius 2 is 2.07 bits per heavy atom. The monoisotopic (exact) mass is 215 g/mol. The van der Waals surface area contributed by atoms with Crippen LogP contribution in [0, 0.1) is 0 Å². The van der Waals surface area contributed by atoms with Crippen molar-refractivity contribution in [2.24, 2.45) is 0 Å². The summed E-state index contributed by atoms with van der Waals surface area (Å²) >= 11 is 0.